The molecule has 11 nitrogen and oxygen atoms in total. The molecule has 0 saturated heterocycles. The van der Waals surface area contributed by atoms with Crippen molar-refractivity contribution in [1.82, 2.24) is 19.8 Å². The summed E-state index contributed by atoms with van der Waals surface area (Å²) in [5, 5.41) is 13.2. The van der Waals surface area contributed by atoms with Crippen LogP contribution in [0.5, 0.6) is 0 Å². The lowest BCUT2D eigenvalue weighted by atomic mass is 10.1. The number of anilines is 2. The second kappa shape index (κ2) is 11.8. The zero-order chi connectivity index (χ0) is 28.1. The van der Waals surface area contributed by atoms with Crippen LogP contribution in [0.25, 0.3) is 11.3 Å². The Balaban J connectivity index is 2.01. The van der Waals surface area contributed by atoms with Crippen LogP contribution in [-0.2, 0) is 17.9 Å². The minimum atomic E-state index is -0.554. The van der Waals surface area contributed by atoms with Crippen molar-refractivity contribution in [1.29, 1.82) is 5.41 Å². The predicted molar refractivity (Wildman–Crippen MR) is 149 cm³/mol. The number of benzene rings is 2. The molecule has 0 spiro atoms. The molecule has 1 aromatic heterocycles. The van der Waals surface area contributed by atoms with E-state index in [1.807, 2.05) is 13.8 Å². The summed E-state index contributed by atoms with van der Waals surface area (Å²) in [7, 11) is 3.22. The molecule has 0 bridgehead atoms. The molecule has 0 atom stereocenters. The van der Waals surface area contributed by atoms with E-state index in [-0.39, 0.29) is 53.2 Å². The fourth-order valence-electron chi connectivity index (χ4n) is 3.71. The minimum Gasteiger partial charge on any atom is -0.399 e. The topological polar surface area (TPSA) is 172 Å². The highest BCUT2D eigenvalue weighted by atomic mass is 35.5. The Morgan fingerprint density at radius 1 is 1.13 bits per heavy atom. The van der Waals surface area contributed by atoms with Gasteiger partial charge >= 0.3 is 0 Å². The number of amides is 2. The minimum absolute atomic E-state index is 0.00475. The molecule has 2 aromatic carbocycles. The average Bonchev–Trinajstić information content (AvgIpc) is 2.84. The summed E-state index contributed by atoms with van der Waals surface area (Å²) in [4.78, 5) is 44.7. The lowest BCUT2D eigenvalue weighted by molar-refractivity contribution is -0.121. The van der Waals surface area contributed by atoms with E-state index in [1.54, 1.807) is 50.5 Å². The normalized spacial score (nSPS) is 10.8. The third-order valence-electron chi connectivity index (χ3n) is 5.49. The molecule has 3 rings (SSSR count). The molecule has 12 heteroatoms. The molecule has 0 saturated carbocycles. The van der Waals surface area contributed by atoms with Crippen LogP contribution >= 0.6 is 11.6 Å². The first-order chi connectivity index (χ1) is 17.9. The number of halogens is 1. The van der Waals surface area contributed by atoms with Gasteiger partial charge in [0, 0.05) is 49.1 Å². The van der Waals surface area contributed by atoms with Crippen molar-refractivity contribution in [3.63, 3.8) is 0 Å². The number of carbonyl (C=O) groups excluding carboxylic acids is 2. The van der Waals surface area contributed by atoms with E-state index in [0.29, 0.717) is 16.7 Å². The SMILES string of the molecule is CC(C)Nc1nc(Cl)c(-c2cc(N)cc(C(=O)N(C)C)c2)n(CC(=O)NCc2ccc(C(=N)N)cc2)c1=O. The quantitative estimate of drug-likeness (QED) is 0.158. The van der Waals surface area contributed by atoms with Gasteiger partial charge in [-0.1, -0.05) is 35.9 Å². The van der Waals surface area contributed by atoms with Gasteiger partial charge in [-0.05, 0) is 37.6 Å². The van der Waals surface area contributed by atoms with Crippen molar-refractivity contribution in [3.8, 4) is 11.3 Å². The maximum absolute atomic E-state index is 13.4. The Morgan fingerprint density at radius 3 is 2.37 bits per heavy atom. The number of carbonyl (C=O) groups is 2. The summed E-state index contributed by atoms with van der Waals surface area (Å²) in [6, 6.07) is 11.4. The molecule has 0 aliphatic carbocycles. The fourth-order valence-corrected chi connectivity index (χ4v) is 4.00. The number of rotatable bonds is 9. The highest BCUT2D eigenvalue weighted by Crippen LogP contribution is 2.29. The fraction of sp³-hybridized carbons (Fsp3) is 0.269. The van der Waals surface area contributed by atoms with Crippen molar-refractivity contribution in [3.05, 3.63) is 74.7 Å². The van der Waals surface area contributed by atoms with Crippen LogP contribution in [0.3, 0.4) is 0 Å². The zero-order valence-corrected chi connectivity index (χ0v) is 22.4. The molecule has 0 fully saturated rings. The molecule has 3 aromatic rings. The molecular weight excluding hydrogens is 508 g/mol. The van der Waals surface area contributed by atoms with Gasteiger partial charge in [0.25, 0.3) is 11.5 Å². The van der Waals surface area contributed by atoms with E-state index in [9.17, 15) is 14.4 Å². The number of nitrogens with two attached hydrogens (primary N) is 2. The number of amidine groups is 1. The molecule has 38 heavy (non-hydrogen) atoms. The number of nitrogens with zero attached hydrogens (tertiary/aromatic N) is 3. The van der Waals surface area contributed by atoms with Crippen molar-refractivity contribution in [2.24, 2.45) is 5.73 Å². The standard InChI is InChI=1S/C26H31ClN8O3/c1-14(2)32-24-26(38)35(13-20(36)31-12-15-5-7-16(8-6-15)23(29)30)21(22(27)33-24)17-9-18(11-19(28)10-17)25(37)34(3)4/h5-11,14H,12-13,28H2,1-4H3,(H3,29,30)(H,31,36)(H,32,33). The average molecular weight is 539 g/mol. The lowest BCUT2D eigenvalue weighted by Gasteiger charge is -2.19. The van der Waals surface area contributed by atoms with Gasteiger partial charge in [0.05, 0.1) is 5.69 Å². The summed E-state index contributed by atoms with van der Waals surface area (Å²) in [6.45, 7) is 3.51. The molecule has 2 amide bonds. The van der Waals surface area contributed by atoms with E-state index in [4.69, 9.17) is 28.5 Å². The van der Waals surface area contributed by atoms with Gasteiger partial charge in [0.2, 0.25) is 5.91 Å². The van der Waals surface area contributed by atoms with Crippen LogP contribution in [0.2, 0.25) is 5.15 Å². The first-order valence-corrected chi connectivity index (χ1v) is 12.1. The van der Waals surface area contributed by atoms with Crippen LogP contribution in [-0.4, -0.2) is 52.2 Å². The first kappa shape index (κ1) is 28.2. The highest BCUT2D eigenvalue weighted by Gasteiger charge is 2.21. The van der Waals surface area contributed by atoms with E-state index in [2.05, 4.69) is 15.6 Å². The third-order valence-corrected chi connectivity index (χ3v) is 5.75. The third kappa shape index (κ3) is 6.68. The Morgan fingerprint density at radius 2 is 1.79 bits per heavy atom. The molecule has 7 N–H and O–H groups in total. The lowest BCUT2D eigenvalue weighted by Crippen LogP contribution is -2.35. The number of hydrogen-bond acceptors (Lipinski definition) is 7. The van der Waals surface area contributed by atoms with Gasteiger partial charge in [0.1, 0.15) is 12.4 Å². The van der Waals surface area contributed by atoms with Crippen LogP contribution < -0.4 is 27.7 Å². The number of hydrogen-bond donors (Lipinski definition) is 5. The smallest absolute Gasteiger partial charge is 0.294 e. The van der Waals surface area contributed by atoms with Crippen LogP contribution in [0.15, 0.2) is 47.3 Å². The number of nitrogens with one attached hydrogen (secondary N) is 3. The zero-order valence-electron chi connectivity index (χ0n) is 21.6. The Labute approximate surface area is 225 Å². The van der Waals surface area contributed by atoms with Gasteiger partial charge in [-0.3, -0.25) is 24.4 Å². The maximum atomic E-state index is 13.4. The van der Waals surface area contributed by atoms with E-state index in [0.717, 1.165) is 5.56 Å². The van der Waals surface area contributed by atoms with Crippen LogP contribution in [0, 0.1) is 5.41 Å². The first-order valence-electron chi connectivity index (χ1n) is 11.8. The van der Waals surface area contributed by atoms with Gasteiger partial charge in [0.15, 0.2) is 11.0 Å². The Kier molecular flexibility index (Phi) is 8.74. The highest BCUT2D eigenvalue weighted by molar-refractivity contribution is 6.32. The molecule has 0 aliphatic rings. The van der Waals surface area contributed by atoms with Crippen molar-refractivity contribution in [2.75, 3.05) is 25.1 Å². The Hall–Kier alpha value is -4.38. The second-order valence-corrected chi connectivity index (χ2v) is 9.58. The van der Waals surface area contributed by atoms with Crippen molar-refractivity contribution < 1.29 is 9.59 Å². The largest absolute Gasteiger partial charge is 0.399 e. The van der Waals surface area contributed by atoms with Gasteiger partial charge < -0.3 is 27.0 Å². The second-order valence-electron chi connectivity index (χ2n) is 9.22. The van der Waals surface area contributed by atoms with E-state index in [1.165, 1.54) is 15.5 Å². The molecule has 0 unspecified atom stereocenters. The molecule has 0 aliphatic heterocycles. The van der Waals surface area contributed by atoms with Gasteiger partial charge in [-0.25, -0.2) is 4.98 Å². The Bertz CT molecular complexity index is 1430. The molecule has 200 valence electrons. The summed E-state index contributed by atoms with van der Waals surface area (Å²) < 4.78 is 1.22. The van der Waals surface area contributed by atoms with E-state index >= 15 is 0 Å². The van der Waals surface area contributed by atoms with Gasteiger partial charge in [-0.15, -0.1) is 0 Å². The van der Waals surface area contributed by atoms with Crippen LogP contribution in [0.4, 0.5) is 11.5 Å². The number of nitrogen functional groups attached to an aromatic ring is 2. The molecular formula is C26H31ClN8O3. The summed E-state index contributed by atoms with van der Waals surface area (Å²) >= 11 is 6.56. The van der Waals surface area contributed by atoms with Crippen molar-refractivity contribution in [2.45, 2.75) is 33.0 Å². The molecule has 1 heterocycles. The van der Waals surface area contributed by atoms with E-state index < -0.39 is 11.5 Å². The van der Waals surface area contributed by atoms with Crippen LogP contribution in [0.1, 0.15) is 35.3 Å². The number of aromatic nitrogens is 2. The van der Waals surface area contributed by atoms with Crippen molar-refractivity contribution >= 4 is 40.8 Å². The maximum Gasteiger partial charge on any atom is 0.294 e. The summed E-state index contributed by atoms with van der Waals surface area (Å²) in [5.41, 5.74) is 13.5. The molecule has 0 radical (unpaired) electrons. The summed E-state index contributed by atoms with van der Waals surface area (Å²) in [6.07, 6.45) is 0. The monoisotopic (exact) mass is 538 g/mol. The summed E-state index contributed by atoms with van der Waals surface area (Å²) in [5.74, 6) is -0.793. The predicted octanol–water partition coefficient (Wildman–Crippen LogP) is 2.27. The van der Waals surface area contributed by atoms with Gasteiger partial charge in [-0.2, -0.15) is 0 Å².